The van der Waals surface area contributed by atoms with Crippen molar-refractivity contribution in [2.45, 2.75) is 13.5 Å². The number of halogens is 1. The van der Waals surface area contributed by atoms with Crippen LogP contribution in [0.2, 0.25) is 5.15 Å². The summed E-state index contributed by atoms with van der Waals surface area (Å²) in [6.45, 7) is 2.63. The van der Waals surface area contributed by atoms with Crippen LogP contribution in [0.25, 0.3) is 27.6 Å². The normalized spacial score (nSPS) is 11.7. The molecule has 22 heavy (non-hydrogen) atoms. The van der Waals surface area contributed by atoms with Gasteiger partial charge in [0.25, 0.3) is 0 Å². The van der Waals surface area contributed by atoms with Crippen molar-refractivity contribution in [1.29, 1.82) is 0 Å². The first-order valence-corrected chi connectivity index (χ1v) is 6.90. The minimum atomic E-state index is -1.10. The molecule has 4 aromatic rings. The van der Waals surface area contributed by atoms with Crippen LogP contribution in [0.4, 0.5) is 0 Å². The van der Waals surface area contributed by atoms with Crippen molar-refractivity contribution in [2.75, 3.05) is 0 Å². The third kappa shape index (κ3) is 1.55. The van der Waals surface area contributed by atoms with E-state index in [9.17, 15) is 9.90 Å². The summed E-state index contributed by atoms with van der Waals surface area (Å²) in [5.41, 5.74) is 1.52. The van der Waals surface area contributed by atoms with Crippen molar-refractivity contribution in [1.82, 2.24) is 29.4 Å². The van der Waals surface area contributed by atoms with Gasteiger partial charge in [-0.3, -0.25) is 0 Å². The van der Waals surface area contributed by atoms with Gasteiger partial charge in [0, 0.05) is 12.7 Å². The maximum Gasteiger partial charge on any atom is 0.341 e. The van der Waals surface area contributed by atoms with Crippen LogP contribution < -0.4 is 0 Å². The summed E-state index contributed by atoms with van der Waals surface area (Å²) in [7, 11) is 0. The number of aromatic carboxylic acids is 1. The molecule has 0 aromatic carbocycles. The average Bonchev–Trinajstić information content (AvgIpc) is 3.09. The van der Waals surface area contributed by atoms with Crippen LogP contribution in [0.5, 0.6) is 0 Å². The molecule has 0 aliphatic rings. The van der Waals surface area contributed by atoms with Gasteiger partial charge >= 0.3 is 5.97 Å². The number of pyridine rings is 1. The van der Waals surface area contributed by atoms with Gasteiger partial charge in [-0.25, -0.2) is 24.0 Å². The lowest BCUT2D eigenvalue weighted by Gasteiger charge is -2.05. The highest BCUT2D eigenvalue weighted by Crippen LogP contribution is 2.29. The van der Waals surface area contributed by atoms with Gasteiger partial charge in [-0.05, 0) is 6.92 Å². The van der Waals surface area contributed by atoms with Crippen molar-refractivity contribution in [3.05, 3.63) is 29.3 Å². The molecule has 0 aliphatic carbocycles. The van der Waals surface area contributed by atoms with Crippen LogP contribution in [0.3, 0.4) is 0 Å². The number of aryl methyl sites for hydroxylation is 1. The Morgan fingerprint density at radius 1 is 1.23 bits per heavy atom. The molecule has 4 aromatic heterocycles. The first-order valence-electron chi connectivity index (χ1n) is 6.52. The Labute approximate surface area is 128 Å². The number of nitrogens with zero attached hydrogens (tertiary/aromatic N) is 6. The number of carboxylic acid groups (broad SMARTS) is 1. The zero-order valence-corrected chi connectivity index (χ0v) is 12.1. The summed E-state index contributed by atoms with van der Waals surface area (Å²) in [4.78, 5) is 19.8. The standard InChI is InChI=1S/C13H9ClN6O2/c1-2-19-11-7(4-16-19)9-6(3-15-11)10(14)18-12-8(13(21)22)5-17-20(9)12/h3-5H,2H2,1H3,(H,21,22). The monoisotopic (exact) mass is 316 g/mol. The minimum Gasteiger partial charge on any atom is -0.477 e. The summed E-state index contributed by atoms with van der Waals surface area (Å²) < 4.78 is 3.22. The van der Waals surface area contributed by atoms with E-state index < -0.39 is 5.97 Å². The molecule has 0 unspecified atom stereocenters. The van der Waals surface area contributed by atoms with Gasteiger partial charge in [-0.15, -0.1) is 0 Å². The molecule has 0 saturated heterocycles. The SMILES string of the molecule is CCn1ncc2c1ncc1c(Cl)nc3c(C(=O)O)cnn3c12. The van der Waals surface area contributed by atoms with Crippen molar-refractivity contribution in [2.24, 2.45) is 0 Å². The smallest absolute Gasteiger partial charge is 0.341 e. The Kier molecular flexibility index (Phi) is 2.58. The molecular formula is C13H9ClN6O2. The summed E-state index contributed by atoms with van der Waals surface area (Å²) >= 11 is 6.20. The molecule has 4 heterocycles. The molecule has 0 aliphatic heterocycles. The number of carbonyl (C=O) groups is 1. The lowest BCUT2D eigenvalue weighted by molar-refractivity contribution is 0.0699. The molecular weight excluding hydrogens is 308 g/mol. The quantitative estimate of drug-likeness (QED) is 0.568. The number of rotatable bonds is 2. The van der Waals surface area contributed by atoms with Crippen LogP contribution in [0.1, 0.15) is 17.3 Å². The van der Waals surface area contributed by atoms with Gasteiger partial charge in [0.1, 0.15) is 10.7 Å². The van der Waals surface area contributed by atoms with Crippen LogP contribution in [-0.2, 0) is 6.54 Å². The Bertz CT molecular complexity index is 1070. The van der Waals surface area contributed by atoms with E-state index in [0.717, 1.165) is 5.39 Å². The molecule has 0 saturated carbocycles. The van der Waals surface area contributed by atoms with E-state index in [2.05, 4.69) is 20.2 Å². The van der Waals surface area contributed by atoms with Crippen molar-refractivity contribution in [3.8, 4) is 0 Å². The fraction of sp³-hybridized carbons (Fsp3) is 0.154. The Morgan fingerprint density at radius 3 is 2.77 bits per heavy atom. The zero-order chi connectivity index (χ0) is 15.4. The van der Waals surface area contributed by atoms with Gasteiger partial charge in [0.2, 0.25) is 0 Å². The van der Waals surface area contributed by atoms with E-state index in [1.807, 2.05) is 6.92 Å². The molecule has 8 nitrogen and oxygen atoms in total. The lowest BCUT2D eigenvalue weighted by atomic mass is 10.2. The van der Waals surface area contributed by atoms with E-state index in [1.165, 1.54) is 10.7 Å². The maximum atomic E-state index is 11.3. The van der Waals surface area contributed by atoms with Gasteiger partial charge < -0.3 is 5.11 Å². The molecule has 9 heteroatoms. The van der Waals surface area contributed by atoms with Crippen LogP contribution in [0.15, 0.2) is 18.6 Å². The third-order valence-corrected chi connectivity index (χ3v) is 3.84. The van der Waals surface area contributed by atoms with Gasteiger partial charge in [-0.1, -0.05) is 11.6 Å². The van der Waals surface area contributed by atoms with E-state index in [4.69, 9.17) is 11.6 Å². The molecule has 0 amide bonds. The summed E-state index contributed by atoms with van der Waals surface area (Å²) in [6.07, 6.45) is 4.53. The molecule has 0 atom stereocenters. The first kappa shape index (κ1) is 13.0. The van der Waals surface area contributed by atoms with Crippen molar-refractivity contribution < 1.29 is 9.90 Å². The average molecular weight is 317 g/mol. The van der Waals surface area contributed by atoms with Crippen LogP contribution in [-0.4, -0.2) is 40.4 Å². The molecule has 0 spiro atoms. The summed E-state index contributed by atoms with van der Waals surface area (Å²) in [5.74, 6) is -1.10. The van der Waals surface area contributed by atoms with E-state index in [-0.39, 0.29) is 16.4 Å². The number of hydrogen-bond donors (Lipinski definition) is 1. The Hall–Kier alpha value is -2.74. The highest BCUT2D eigenvalue weighted by Gasteiger charge is 2.19. The van der Waals surface area contributed by atoms with Gasteiger partial charge in [0.15, 0.2) is 11.3 Å². The molecule has 0 radical (unpaired) electrons. The molecule has 1 N–H and O–H groups in total. The highest BCUT2D eigenvalue weighted by molar-refractivity contribution is 6.35. The summed E-state index contributed by atoms with van der Waals surface area (Å²) in [6, 6.07) is 0. The molecule has 0 fully saturated rings. The van der Waals surface area contributed by atoms with E-state index in [0.29, 0.717) is 23.1 Å². The second-order valence-corrected chi connectivity index (χ2v) is 5.08. The largest absolute Gasteiger partial charge is 0.477 e. The molecule has 0 bridgehead atoms. The van der Waals surface area contributed by atoms with Gasteiger partial charge in [0.05, 0.1) is 28.7 Å². The molecule has 110 valence electrons. The van der Waals surface area contributed by atoms with Crippen LogP contribution in [0, 0.1) is 0 Å². The van der Waals surface area contributed by atoms with Gasteiger partial charge in [-0.2, -0.15) is 10.2 Å². The first-order chi connectivity index (χ1) is 10.6. The maximum absolute atomic E-state index is 11.3. The fourth-order valence-electron chi connectivity index (χ4n) is 2.54. The second kappa shape index (κ2) is 4.38. The topological polar surface area (TPSA) is 98.2 Å². The predicted molar refractivity (Wildman–Crippen MR) is 79.2 cm³/mol. The van der Waals surface area contributed by atoms with Crippen molar-refractivity contribution in [3.63, 3.8) is 0 Å². The third-order valence-electron chi connectivity index (χ3n) is 3.55. The number of fused-ring (bicyclic) bond motifs is 5. The van der Waals surface area contributed by atoms with E-state index >= 15 is 0 Å². The highest BCUT2D eigenvalue weighted by atomic mass is 35.5. The van der Waals surface area contributed by atoms with Crippen LogP contribution >= 0.6 is 11.6 Å². The zero-order valence-electron chi connectivity index (χ0n) is 11.4. The summed E-state index contributed by atoms with van der Waals surface area (Å²) in [5, 5.41) is 19.2. The van der Waals surface area contributed by atoms with E-state index in [1.54, 1.807) is 17.1 Å². The fourth-order valence-corrected chi connectivity index (χ4v) is 2.76. The Balaban J connectivity index is 2.27. The predicted octanol–water partition coefficient (Wildman–Crippen LogP) is 2.00. The number of carboxylic acids is 1. The van der Waals surface area contributed by atoms with Crippen molar-refractivity contribution >= 4 is 45.2 Å². The second-order valence-electron chi connectivity index (χ2n) is 4.72. The minimum absolute atomic E-state index is 0.00311. The number of hydrogen-bond acceptors (Lipinski definition) is 5. The molecule has 4 rings (SSSR count). The number of aromatic nitrogens is 6. The Morgan fingerprint density at radius 2 is 2.05 bits per heavy atom. The lowest BCUT2D eigenvalue weighted by Crippen LogP contribution is -2.01.